The molecule has 0 atom stereocenters. The zero-order chi connectivity index (χ0) is 9.97. The lowest BCUT2D eigenvalue weighted by molar-refractivity contribution is 0.112. The number of benzene rings is 1. The van der Waals surface area contributed by atoms with Crippen molar-refractivity contribution in [3.05, 3.63) is 35.7 Å². The van der Waals surface area contributed by atoms with Gasteiger partial charge in [-0.1, -0.05) is 17.3 Å². The maximum Gasteiger partial charge on any atom is 0.257 e. The highest BCUT2D eigenvalue weighted by atomic mass is 16.5. The Hall–Kier alpha value is -1.97. The molecule has 2 aromatic rings. The second-order valence-corrected chi connectivity index (χ2v) is 2.89. The molecule has 70 valence electrons. The Morgan fingerprint density at radius 3 is 2.93 bits per heavy atom. The van der Waals surface area contributed by atoms with E-state index in [4.69, 9.17) is 4.52 Å². The lowest BCUT2D eigenvalue weighted by Gasteiger charge is -1.94. The molecule has 0 fully saturated rings. The van der Waals surface area contributed by atoms with E-state index in [-0.39, 0.29) is 0 Å². The summed E-state index contributed by atoms with van der Waals surface area (Å²) in [6.45, 7) is 1.75. The first kappa shape index (κ1) is 8.62. The van der Waals surface area contributed by atoms with Gasteiger partial charge < -0.3 is 4.52 Å². The van der Waals surface area contributed by atoms with Crippen LogP contribution in [0.25, 0.3) is 11.5 Å². The first-order valence-electron chi connectivity index (χ1n) is 4.15. The van der Waals surface area contributed by atoms with Crippen molar-refractivity contribution in [3.8, 4) is 11.5 Å². The van der Waals surface area contributed by atoms with Gasteiger partial charge in [-0.2, -0.15) is 4.98 Å². The second-order valence-electron chi connectivity index (χ2n) is 2.89. The quantitative estimate of drug-likeness (QED) is 0.675. The van der Waals surface area contributed by atoms with Crippen LogP contribution in [0.1, 0.15) is 16.2 Å². The van der Waals surface area contributed by atoms with E-state index in [9.17, 15) is 4.79 Å². The highest BCUT2D eigenvalue weighted by Gasteiger charge is 2.05. The highest BCUT2D eigenvalue weighted by molar-refractivity contribution is 5.77. The molecule has 1 heterocycles. The summed E-state index contributed by atoms with van der Waals surface area (Å²) in [5.41, 5.74) is 1.36. The third-order valence-electron chi connectivity index (χ3n) is 1.80. The minimum absolute atomic E-state index is 0.436. The summed E-state index contributed by atoms with van der Waals surface area (Å²) < 4.78 is 4.97. The maximum absolute atomic E-state index is 10.5. The Morgan fingerprint density at radius 2 is 2.29 bits per heavy atom. The molecule has 2 rings (SSSR count). The molecular formula is C10H8N2O2. The van der Waals surface area contributed by atoms with Crippen LogP contribution in [0.4, 0.5) is 0 Å². The van der Waals surface area contributed by atoms with Crippen LogP contribution in [0.5, 0.6) is 0 Å². The monoisotopic (exact) mass is 188 g/mol. The minimum atomic E-state index is 0.436. The molecule has 4 nitrogen and oxygen atoms in total. The fourth-order valence-corrected chi connectivity index (χ4v) is 1.16. The number of rotatable bonds is 2. The van der Waals surface area contributed by atoms with Gasteiger partial charge in [0.2, 0.25) is 0 Å². The Balaban J connectivity index is 2.46. The molecule has 1 aromatic carbocycles. The van der Waals surface area contributed by atoms with Gasteiger partial charge in [0.25, 0.3) is 5.89 Å². The van der Waals surface area contributed by atoms with Crippen molar-refractivity contribution < 1.29 is 9.32 Å². The number of carbonyl (C=O) groups is 1. The largest absolute Gasteiger partial charge is 0.334 e. The molecule has 1 aromatic heterocycles. The van der Waals surface area contributed by atoms with E-state index in [0.717, 1.165) is 11.8 Å². The Bertz CT molecular complexity index is 463. The Kier molecular flexibility index (Phi) is 2.10. The van der Waals surface area contributed by atoms with Crippen molar-refractivity contribution >= 4 is 6.29 Å². The zero-order valence-electron chi connectivity index (χ0n) is 7.60. The molecule has 14 heavy (non-hydrogen) atoms. The van der Waals surface area contributed by atoms with Gasteiger partial charge in [0.15, 0.2) is 5.82 Å². The molecule has 0 radical (unpaired) electrons. The molecule has 4 heteroatoms. The minimum Gasteiger partial charge on any atom is -0.334 e. The predicted molar refractivity (Wildman–Crippen MR) is 49.9 cm³/mol. The third-order valence-corrected chi connectivity index (χ3v) is 1.80. The summed E-state index contributed by atoms with van der Waals surface area (Å²) in [6.07, 6.45) is 0.784. The van der Waals surface area contributed by atoms with E-state index in [1.165, 1.54) is 0 Å². The lowest BCUT2D eigenvalue weighted by Crippen LogP contribution is -1.82. The first-order chi connectivity index (χ1) is 6.79. The van der Waals surface area contributed by atoms with Crippen LogP contribution in [-0.4, -0.2) is 16.4 Å². The summed E-state index contributed by atoms with van der Waals surface area (Å²) in [5.74, 6) is 1.02. The van der Waals surface area contributed by atoms with E-state index in [1.807, 2.05) is 6.07 Å². The van der Waals surface area contributed by atoms with Gasteiger partial charge in [0.1, 0.15) is 6.29 Å². The second kappa shape index (κ2) is 3.41. The van der Waals surface area contributed by atoms with Gasteiger partial charge in [-0.25, -0.2) is 0 Å². The standard InChI is InChI=1S/C10H8N2O2/c1-7-11-10(14-12-7)9-4-2-3-8(5-9)6-13/h2-6H,1H3. The number of aromatic nitrogens is 2. The average molecular weight is 188 g/mol. The summed E-state index contributed by atoms with van der Waals surface area (Å²) >= 11 is 0. The average Bonchev–Trinajstić information content (AvgIpc) is 2.65. The van der Waals surface area contributed by atoms with Crippen molar-refractivity contribution in [1.29, 1.82) is 0 Å². The summed E-state index contributed by atoms with van der Waals surface area (Å²) in [4.78, 5) is 14.6. The van der Waals surface area contributed by atoms with E-state index < -0.39 is 0 Å². The smallest absolute Gasteiger partial charge is 0.257 e. The number of hydrogen-bond acceptors (Lipinski definition) is 4. The van der Waals surface area contributed by atoms with Gasteiger partial charge in [-0.15, -0.1) is 0 Å². The predicted octanol–water partition coefficient (Wildman–Crippen LogP) is 1.86. The van der Waals surface area contributed by atoms with Gasteiger partial charge in [-0.3, -0.25) is 4.79 Å². The molecule has 0 saturated heterocycles. The van der Waals surface area contributed by atoms with E-state index in [0.29, 0.717) is 17.3 Å². The number of hydrogen-bond donors (Lipinski definition) is 0. The van der Waals surface area contributed by atoms with Crippen molar-refractivity contribution in [2.45, 2.75) is 6.92 Å². The van der Waals surface area contributed by atoms with Gasteiger partial charge in [0.05, 0.1) is 0 Å². The molecule has 0 aliphatic heterocycles. The number of carbonyl (C=O) groups excluding carboxylic acids is 1. The number of aryl methyl sites for hydroxylation is 1. The van der Waals surface area contributed by atoms with Crippen LogP contribution in [0.2, 0.25) is 0 Å². The van der Waals surface area contributed by atoms with Crippen molar-refractivity contribution in [1.82, 2.24) is 10.1 Å². The molecule has 0 aliphatic carbocycles. The maximum atomic E-state index is 10.5. The molecule has 0 N–H and O–H groups in total. The fraction of sp³-hybridized carbons (Fsp3) is 0.100. The SMILES string of the molecule is Cc1noc(-c2cccc(C=O)c2)n1. The van der Waals surface area contributed by atoms with Crippen molar-refractivity contribution in [2.24, 2.45) is 0 Å². The van der Waals surface area contributed by atoms with Crippen LogP contribution < -0.4 is 0 Å². The van der Waals surface area contributed by atoms with Gasteiger partial charge in [-0.05, 0) is 19.1 Å². The summed E-state index contributed by atoms with van der Waals surface area (Å²) in [7, 11) is 0. The van der Waals surface area contributed by atoms with E-state index in [1.54, 1.807) is 25.1 Å². The highest BCUT2D eigenvalue weighted by Crippen LogP contribution is 2.17. The molecule has 0 amide bonds. The Labute approximate surface area is 80.6 Å². The van der Waals surface area contributed by atoms with Crippen molar-refractivity contribution in [3.63, 3.8) is 0 Å². The van der Waals surface area contributed by atoms with Gasteiger partial charge in [0, 0.05) is 11.1 Å². The third kappa shape index (κ3) is 1.54. The van der Waals surface area contributed by atoms with Crippen molar-refractivity contribution in [2.75, 3.05) is 0 Å². The lowest BCUT2D eigenvalue weighted by atomic mass is 10.1. The van der Waals surface area contributed by atoms with Crippen LogP contribution in [0, 0.1) is 6.92 Å². The number of aldehydes is 1. The molecule has 0 spiro atoms. The summed E-state index contributed by atoms with van der Waals surface area (Å²) in [5, 5.41) is 3.67. The topological polar surface area (TPSA) is 56.0 Å². The van der Waals surface area contributed by atoms with Crippen LogP contribution in [-0.2, 0) is 0 Å². The van der Waals surface area contributed by atoms with Crippen LogP contribution >= 0.6 is 0 Å². The molecule has 0 aliphatic rings. The molecule has 0 unspecified atom stereocenters. The first-order valence-corrected chi connectivity index (χ1v) is 4.15. The summed E-state index contributed by atoms with van der Waals surface area (Å²) in [6, 6.07) is 7.03. The van der Waals surface area contributed by atoms with E-state index in [2.05, 4.69) is 10.1 Å². The molecular weight excluding hydrogens is 180 g/mol. The normalized spacial score (nSPS) is 10.1. The van der Waals surface area contributed by atoms with Crippen LogP contribution in [0.15, 0.2) is 28.8 Å². The number of nitrogens with zero attached hydrogens (tertiary/aromatic N) is 2. The fourth-order valence-electron chi connectivity index (χ4n) is 1.16. The zero-order valence-corrected chi connectivity index (χ0v) is 7.60. The van der Waals surface area contributed by atoms with Gasteiger partial charge >= 0.3 is 0 Å². The molecule has 0 saturated carbocycles. The van der Waals surface area contributed by atoms with Crippen LogP contribution in [0.3, 0.4) is 0 Å². The molecule has 0 bridgehead atoms. The van der Waals surface area contributed by atoms with E-state index >= 15 is 0 Å². The Morgan fingerprint density at radius 1 is 1.43 bits per heavy atom.